The van der Waals surface area contributed by atoms with Crippen LogP contribution in [0.25, 0.3) is 10.9 Å². The van der Waals surface area contributed by atoms with Crippen molar-refractivity contribution >= 4 is 16.8 Å². The van der Waals surface area contributed by atoms with Crippen LogP contribution in [0.2, 0.25) is 0 Å². The molecule has 0 bridgehead atoms. The minimum Gasteiger partial charge on any atom is -0.352 e. The van der Waals surface area contributed by atoms with E-state index in [9.17, 15) is 9.59 Å². The average Bonchev–Trinajstić information content (AvgIpc) is 2.55. The number of hydrogen-bond donors (Lipinski definition) is 2. The molecule has 0 spiro atoms. The smallest absolute Gasteiger partial charge is 0.252 e. The quantitative estimate of drug-likeness (QED) is 0.778. The first-order chi connectivity index (χ1) is 11.1. The summed E-state index contributed by atoms with van der Waals surface area (Å²) >= 11 is 0. The average molecular weight is 306 g/mol. The molecule has 116 valence electrons. The fourth-order valence-electron chi connectivity index (χ4n) is 2.56. The van der Waals surface area contributed by atoms with Gasteiger partial charge in [0.2, 0.25) is 5.56 Å². The van der Waals surface area contributed by atoms with E-state index in [4.69, 9.17) is 0 Å². The molecule has 4 heteroatoms. The largest absolute Gasteiger partial charge is 0.352 e. The van der Waals surface area contributed by atoms with Crippen molar-refractivity contribution in [1.29, 1.82) is 0 Å². The number of rotatable bonds is 4. The van der Waals surface area contributed by atoms with E-state index >= 15 is 0 Å². The number of aryl methyl sites for hydroxylation is 1. The van der Waals surface area contributed by atoms with Crippen molar-refractivity contribution in [2.45, 2.75) is 13.3 Å². The van der Waals surface area contributed by atoms with Gasteiger partial charge in [-0.25, -0.2) is 0 Å². The van der Waals surface area contributed by atoms with Crippen LogP contribution in [0.5, 0.6) is 0 Å². The highest BCUT2D eigenvalue weighted by molar-refractivity contribution is 6.05. The minimum atomic E-state index is -0.271. The van der Waals surface area contributed by atoms with Gasteiger partial charge in [0, 0.05) is 23.5 Å². The standard InChI is InChI=1S/C19H18N2O2/c1-13-6-8-14(9-7-13)10-11-20-19(23)16-12-18(22)21-17-5-3-2-4-15(16)17/h2-9,12H,10-11H2,1H3,(H,20,23)(H,21,22). The van der Waals surface area contributed by atoms with Gasteiger partial charge >= 0.3 is 0 Å². The lowest BCUT2D eigenvalue weighted by atomic mass is 10.1. The summed E-state index contributed by atoms with van der Waals surface area (Å²) in [5.41, 5.74) is 3.20. The van der Waals surface area contributed by atoms with Crippen LogP contribution in [0.4, 0.5) is 0 Å². The third-order valence-electron chi connectivity index (χ3n) is 3.81. The maximum absolute atomic E-state index is 12.4. The predicted molar refractivity (Wildman–Crippen MR) is 91.8 cm³/mol. The zero-order valence-electron chi connectivity index (χ0n) is 12.9. The molecule has 2 aromatic carbocycles. The van der Waals surface area contributed by atoms with Gasteiger partial charge in [-0.2, -0.15) is 0 Å². The Kier molecular flexibility index (Phi) is 4.24. The molecular formula is C19H18N2O2. The van der Waals surface area contributed by atoms with Gasteiger partial charge < -0.3 is 10.3 Å². The summed E-state index contributed by atoms with van der Waals surface area (Å²) in [6.45, 7) is 2.58. The lowest BCUT2D eigenvalue weighted by Gasteiger charge is -2.08. The number of aromatic amines is 1. The SMILES string of the molecule is Cc1ccc(CCNC(=O)c2cc(=O)[nH]c3ccccc23)cc1. The zero-order valence-corrected chi connectivity index (χ0v) is 12.9. The molecule has 1 aromatic heterocycles. The van der Waals surface area contributed by atoms with Crippen molar-refractivity contribution in [3.63, 3.8) is 0 Å². The maximum Gasteiger partial charge on any atom is 0.252 e. The van der Waals surface area contributed by atoms with Crippen LogP contribution in [-0.2, 0) is 6.42 Å². The minimum absolute atomic E-state index is 0.223. The molecule has 23 heavy (non-hydrogen) atoms. The number of nitrogens with one attached hydrogen (secondary N) is 2. The molecule has 0 aliphatic rings. The van der Waals surface area contributed by atoms with E-state index in [0.29, 0.717) is 17.6 Å². The highest BCUT2D eigenvalue weighted by Crippen LogP contribution is 2.14. The number of hydrogen-bond acceptors (Lipinski definition) is 2. The van der Waals surface area contributed by atoms with Crippen molar-refractivity contribution in [2.75, 3.05) is 6.54 Å². The molecule has 1 heterocycles. The van der Waals surface area contributed by atoms with E-state index in [1.54, 1.807) is 6.07 Å². The van der Waals surface area contributed by atoms with Crippen LogP contribution in [0.15, 0.2) is 59.4 Å². The second kappa shape index (κ2) is 6.48. The summed E-state index contributed by atoms with van der Waals surface area (Å²) in [5.74, 6) is -0.223. The maximum atomic E-state index is 12.4. The van der Waals surface area contributed by atoms with Crippen LogP contribution in [0.1, 0.15) is 21.5 Å². The second-order valence-corrected chi connectivity index (χ2v) is 5.58. The third-order valence-corrected chi connectivity index (χ3v) is 3.81. The fourth-order valence-corrected chi connectivity index (χ4v) is 2.56. The fraction of sp³-hybridized carbons (Fsp3) is 0.158. The van der Waals surface area contributed by atoms with Crippen molar-refractivity contribution in [1.82, 2.24) is 10.3 Å². The van der Waals surface area contributed by atoms with E-state index < -0.39 is 0 Å². The molecule has 1 amide bonds. The summed E-state index contributed by atoms with van der Waals surface area (Å²) < 4.78 is 0. The topological polar surface area (TPSA) is 62.0 Å². The number of aromatic nitrogens is 1. The van der Waals surface area contributed by atoms with E-state index in [1.807, 2.05) is 25.1 Å². The number of carbonyl (C=O) groups is 1. The van der Waals surface area contributed by atoms with Gasteiger partial charge in [0.25, 0.3) is 5.91 Å². The molecule has 4 nitrogen and oxygen atoms in total. The Morgan fingerprint density at radius 3 is 2.61 bits per heavy atom. The molecule has 0 aliphatic carbocycles. The first-order valence-electron chi connectivity index (χ1n) is 7.59. The predicted octanol–water partition coefficient (Wildman–Crippen LogP) is 2.81. The Labute approximate surface area is 134 Å². The molecule has 3 rings (SSSR count). The number of amides is 1. The van der Waals surface area contributed by atoms with Crippen LogP contribution in [0, 0.1) is 6.92 Å². The van der Waals surface area contributed by atoms with Gasteiger partial charge in [0.1, 0.15) is 0 Å². The first-order valence-corrected chi connectivity index (χ1v) is 7.59. The Bertz CT molecular complexity index is 895. The van der Waals surface area contributed by atoms with E-state index in [0.717, 1.165) is 11.8 Å². The van der Waals surface area contributed by atoms with Crippen LogP contribution in [-0.4, -0.2) is 17.4 Å². The highest BCUT2D eigenvalue weighted by atomic mass is 16.2. The number of para-hydroxylation sites is 1. The van der Waals surface area contributed by atoms with Crippen molar-refractivity contribution in [2.24, 2.45) is 0 Å². The van der Waals surface area contributed by atoms with Crippen molar-refractivity contribution in [3.8, 4) is 0 Å². The summed E-state index contributed by atoms with van der Waals surface area (Å²) in [5, 5.41) is 3.64. The molecular weight excluding hydrogens is 288 g/mol. The van der Waals surface area contributed by atoms with Crippen LogP contribution in [0.3, 0.4) is 0 Å². The van der Waals surface area contributed by atoms with Gasteiger partial charge in [-0.05, 0) is 25.0 Å². The molecule has 0 saturated carbocycles. The Morgan fingerprint density at radius 2 is 1.83 bits per heavy atom. The summed E-state index contributed by atoms with van der Waals surface area (Å²) in [4.78, 5) is 26.8. The van der Waals surface area contributed by atoms with E-state index in [2.05, 4.69) is 34.6 Å². The molecule has 0 atom stereocenters. The number of pyridine rings is 1. The van der Waals surface area contributed by atoms with Gasteiger partial charge in [-0.3, -0.25) is 9.59 Å². The van der Waals surface area contributed by atoms with Crippen molar-refractivity contribution < 1.29 is 4.79 Å². The van der Waals surface area contributed by atoms with E-state index in [1.165, 1.54) is 17.2 Å². The van der Waals surface area contributed by atoms with Crippen molar-refractivity contribution in [3.05, 3.63) is 81.6 Å². The first kappa shape index (κ1) is 15.0. The number of H-pyrrole nitrogens is 1. The summed E-state index contributed by atoms with van der Waals surface area (Å²) in [7, 11) is 0. The number of benzene rings is 2. The number of fused-ring (bicyclic) bond motifs is 1. The zero-order chi connectivity index (χ0) is 16.2. The van der Waals surface area contributed by atoms with Gasteiger partial charge in [-0.15, -0.1) is 0 Å². The summed E-state index contributed by atoms with van der Waals surface area (Å²) in [6.07, 6.45) is 0.757. The van der Waals surface area contributed by atoms with Gasteiger partial charge in [-0.1, -0.05) is 48.0 Å². The Morgan fingerprint density at radius 1 is 1.09 bits per heavy atom. The second-order valence-electron chi connectivity index (χ2n) is 5.58. The number of carbonyl (C=O) groups excluding carboxylic acids is 1. The lowest BCUT2D eigenvalue weighted by molar-refractivity contribution is 0.0955. The highest BCUT2D eigenvalue weighted by Gasteiger charge is 2.11. The molecule has 0 fully saturated rings. The third kappa shape index (κ3) is 3.48. The summed E-state index contributed by atoms with van der Waals surface area (Å²) in [6, 6.07) is 16.9. The molecule has 0 radical (unpaired) electrons. The van der Waals surface area contributed by atoms with Crippen LogP contribution < -0.4 is 10.9 Å². The molecule has 3 aromatic rings. The molecule has 0 aliphatic heterocycles. The van der Waals surface area contributed by atoms with Crippen LogP contribution >= 0.6 is 0 Å². The monoisotopic (exact) mass is 306 g/mol. The lowest BCUT2D eigenvalue weighted by Crippen LogP contribution is -2.27. The Hall–Kier alpha value is -2.88. The van der Waals surface area contributed by atoms with E-state index in [-0.39, 0.29) is 11.5 Å². The van der Waals surface area contributed by atoms with Gasteiger partial charge in [0.05, 0.1) is 5.56 Å². The molecule has 0 saturated heterocycles. The molecule has 0 unspecified atom stereocenters. The van der Waals surface area contributed by atoms with Gasteiger partial charge in [0.15, 0.2) is 0 Å². The Balaban J connectivity index is 1.73. The normalized spacial score (nSPS) is 10.7. The molecule has 2 N–H and O–H groups in total.